The number of benzene rings is 1. The van der Waals surface area contributed by atoms with E-state index in [0.29, 0.717) is 19.0 Å². The number of carbonyl (C=O) groups is 1. The van der Waals surface area contributed by atoms with E-state index in [-0.39, 0.29) is 17.3 Å². The van der Waals surface area contributed by atoms with Crippen LogP contribution in [0.25, 0.3) is 0 Å². The zero-order chi connectivity index (χ0) is 14.0. The molecular formula is C12H14N2O5. The molecule has 19 heavy (non-hydrogen) atoms. The lowest BCUT2D eigenvalue weighted by atomic mass is 9.87. The molecule has 0 radical (unpaired) electrons. The van der Waals surface area contributed by atoms with Gasteiger partial charge in [0.15, 0.2) is 0 Å². The molecule has 1 aromatic rings. The highest BCUT2D eigenvalue weighted by Gasteiger charge is 2.41. The largest absolute Gasteiger partial charge is 0.496 e. The van der Waals surface area contributed by atoms with Crippen molar-refractivity contribution in [3.63, 3.8) is 0 Å². The van der Waals surface area contributed by atoms with E-state index in [1.165, 1.54) is 19.2 Å². The van der Waals surface area contributed by atoms with Gasteiger partial charge in [-0.05, 0) is 19.1 Å². The van der Waals surface area contributed by atoms with Crippen molar-refractivity contribution >= 4 is 17.3 Å². The lowest BCUT2D eigenvalue weighted by molar-refractivity contribution is -0.384. The van der Waals surface area contributed by atoms with E-state index in [1.807, 2.05) is 0 Å². The predicted molar refractivity (Wildman–Crippen MR) is 67.2 cm³/mol. The smallest absolute Gasteiger partial charge is 0.296 e. The highest BCUT2D eigenvalue weighted by atomic mass is 16.6. The molecule has 102 valence electrons. The molecule has 0 atom stereocenters. The first kappa shape index (κ1) is 13.3. The minimum absolute atomic E-state index is 0.156. The summed E-state index contributed by atoms with van der Waals surface area (Å²) in [5.74, 6) is 0.0786. The SMILES string of the molecule is COc1ccc(NC(=O)C2(C)COC2)c([N+](=O)[O-])c1. The molecule has 1 heterocycles. The van der Waals surface area contributed by atoms with Gasteiger partial charge in [0.25, 0.3) is 5.69 Å². The number of anilines is 1. The molecule has 1 fully saturated rings. The van der Waals surface area contributed by atoms with Gasteiger partial charge >= 0.3 is 0 Å². The first-order valence-electron chi connectivity index (χ1n) is 5.68. The molecule has 2 rings (SSSR count). The van der Waals surface area contributed by atoms with E-state index < -0.39 is 10.3 Å². The average molecular weight is 266 g/mol. The lowest BCUT2D eigenvalue weighted by Gasteiger charge is -2.36. The molecule has 1 aliphatic heterocycles. The predicted octanol–water partition coefficient (Wildman–Crippen LogP) is 1.58. The quantitative estimate of drug-likeness (QED) is 0.660. The van der Waals surface area contributed by atoms with Crippen LogP contribution in [0, 0.1) is 15.5 Å². The van der Waals surface area contributed by atoms with Crippen molar-refractivity contribution in [1.82, 2.24) is 0 Å². The maximum atomic E-state index is 12.0. The molecule has 1 saturated heterocycles. The summed E-state index contributed by atoms with van der Waals surface area (Å²) in [6.45, 7) is 2.40. The van der Waals surface area contributed by atoms with Crippen molar-refractivity contribution < 1.29 is 19.2 Å². The Kier molecular flexibility index (Phi) is 3.39. The summed E-state index contributed by atoms with van der Waals surface area (Å²) in [5.41, 5.74) is -0.658. The molecule has 1 aliphatic rings. The number of amides is 1. The van der Waals surface area contributed by atoms with Gasteiger partial charge in [0.1, 0.15) is 11.4 Å². The Bertz CT molecular complexity index is 525. The third kappa shape index (κ3) is 2.50. The summed E-state index contributed by atoms with van der Waals surface area (Å²) in [4.78, 5) is 22.4. The number of nitrogens with one attached hydrogen (secondary N) is 1. The van der Waals surface area contributed by atoms with Crippen molar-refractivity contribution in [3.8, 4) is 5.75 Å². The molecule has 0 bridgehead atoms. The van der Waals surface area contributed by atoms with Gasteiger partial charge in [0.2, 0.25) is 5.91 Å². The second kappa shape index (κ2) is 4.85. The maximum absolute atomic E-state index is 12.0. The van der Waals surface area contributed by atoms with Gasteiger partial charge in [0, 0.05) is 0 Å². The summed E-state index contributed by atoms with van der Waals surface area (Å²) in [6, 6.07) is 4.29. The maximum Gasteiger partial charge on any atom is 0.296 e. The first-order chi connectivity index (χ1) is 8.96. The first-order valence-corrected chi connectivity index (χ1v) is 5.68. The number of nitrogens with zero attached hydrogens (tertiary/aromatic N) is 1. The van der Waals surface area contributed by atoms with Crippen LogP contribution < -0.4 is 10.1 Å². The second-order valence-electron chi connectivity index (χ2n) is 4.65. The van der Waals surface area contributed by atoms with Gasteiger partial charge in [-0.25, -0.2) is 0 Å². The van der Waals surface area contributed by atoms with Crippen molar-refractivity contribution in [2.45, 2.75) is 6.92 Å². The fraction of sp³-hybridized carbons (Fsp3) is 0.417. The van der Waals surface area contributed by atoms with Crippen LogP contribution in [-0.2, 0) is 9.53 Å². The molecule has 0 aliphatic carbocycles. The number of nitro groups is 1. The van der Waals surface area contributed by atoms with Crippen LogP contribution in [0.3, 0.4) is 0 Å². The third-order valence-corrected chi connectivity index (χ3v) is 3.04. The zero-order valence-corrected chi connectivity index (χ0v) is 10.6. The van der Waals surface area contributed by atoms with Gasteiger partial charge in [-0.3, -0.25) is 14.9 Å². The van der Waals surface area contributed by atoms with E-state index in [4.69, 9.17) is 9.47 Å². The standard InChI is InChI=1S/C12H14N2O5/c1-12(6-19-7-12)11(15)13-9-4-3-8(18-2)5-10(9)14(16)17/h3-5H,6-7H2,1-2H3,(H,13,15). The Hall–Kier alpha value is -2.15. The number of methoxy groups -OCH3 is 1. The molecule has 0 unspecified atom stereocenters. The van der Waals surface area contributed by atoms with Crippen molar-refractivity contribution in [3.05, 3.63) is 28.3 Å². The minimum Gasteiger partial charge on any atom is -0.496 e. The fourth-order valence-electron chi connectivity index (χ4n) is 1.71. The van der Waals surface area contributed by atoms with Crippen LogP contribution in [-0.4, -0.2) is 31.2 Å². The number of rotatable bonds is 4. The van der Waals surface area contributed by atoms with Crippen molar-refractivity contribution in [1.29, 1.82) is 0 Å². The van der Waals surface area contributed by atoms with Crippen LogP contribution in [0.15, 0.2) is 18.2 Å². The molecule has 0 spiro atoms. The van der Waals surface area contributed by atoms with Crippen LogP contribution >= 0.6 is 0 Å². The van der Waals surface area contributed by atoms with E-state index in [2.05, 4.69) is 5.32 Å². The summed E-state index contributed by atoms with van der Waals surface area (Å²) in [6.07, 6.45) is 0. The van der Waals surface area contributed by atoms with Crippen molar-refractivity contribution in [2.24, 2.45) is 5.41 Å². The second-order valence-corrected chi connectivity index (χ2v) is 4.65. The molecule has 0 saturated carbocycles. The molecule has 1 amide bonds. The summed E-state index contributed by atoms with van der Waals surface area (Å²) < 4.78 is 9.92. The van der Waals surface area contributed by atoms with Gasteiger partial charge < -0.3 is 14.8 Å². The summed E-state index contributed by atoms with van der Waals surface area (Å²) in [7, 11) is 1.42. The number of hydrogen-bond donors (Lipinski definition) is 1. The normalized spacial score (nSPS) is 16.3. The lowest BCUT2D eigenvalue weighted by Crippen LogP contribution is -2.49. The highest BCUT2D eigenvalue weighted by Crippen LogP contribution is 2.32. The Morgan fingerprint density at radius 2 is 2.21 bits per heavy atom. The molecule has 1 aromatic carbocycles. The Balaban J connectivity index is 2.24. The Morgan fingerprint density at radius 1 is 1.53 bits per heavy atom. The fourth-order valence-corrected chi connectivity index (χ4v) is 1.71. The summed E-state index contributed by atoms with van der Waals surface area (Å²) in [5, 5.41) is 13.5. The van der Waals surface area contributed by atoms with Gasteiger partial charge in [-0.2, -0.15) is 0 Å². The summed E-state index contributed by atoms with van der Waals surface area (Å²) >= 11 is 0. The number of hydrogen-bond acceptors (Lipinski definition) is 5. The van der Waals surface area contributed by atoms with E-state index in [0.717, 1.165) is 0 Å². The minimum atomic E-state index is -0.617. The number of nitro benzene ring substituents is 1. The number of ether oxygens (including phenoxy) is 2. The Labute approximate surface area is 109 Å². The van der Waals surface area contributed by atoms with Crippen LogP contribution in [0.2, 0.25) is 0 Å². The van der Waals surface area contributed by atoms with Gasteiger partial charge in [0.05, 0.1) is 36.7 Å². The van der Waals surface area contributed by atoms with E-state index in [9.17, 15) is 14.9 Å². The molecule has 7 heteroatoms. The van der Waals surface area contributed by atoms with Crippen LogP contribution in [0.5, 0.6) is 5.75 Å². The topological polar surface area (TPSA) is 90.7 Å². The zero-order valence-electron chi connectivity index (χ0n) is 10.6. The van der Waals surface area contributed by atoms with E-state index in [1.54, 1.807) is 13.0 Å². The monoisotopic (exact) mass is 266 g/mol. The van der Waals surface area contributed by atoms with Gasteiger partial charge in [-0.15, -0.1) is 0 Å². The average Bonchev–Trinajstić information content (AvgIpc) is 2.35. The van der Waals surface area contributed by atoms with E-state index >= 15 is 0 Å². The molecule has 0 aromatic heterocycles. The number of carbonyl (C=O) groups excluding carboxylic acids is 1. The highest BCUT2D eigenvalue weighted by molar-refractivity contribution is 5.97. The van der Waals surface area contributed by atoms with Crippen molar-refractivity contribution in [2.75, 3.05) is 25.6 Å². The van der Waals surface area contributed by atoms with Gasteiger partial charge in [-0.1, -0.05) is 0 Å². The van der Waals surface area contributed by atoms with Crippen LogP contribution in [0.1, 0.15) is 6.92 Å². The molecule has 1 N–H and O–H groups in total. The van der Waals surface area contributed by atoms with Crippen LogP contribution in [0.4, 0.5) is 11.4 Å². The molecule has 7 nitrogen and oxygen atoms in total. The third-order valence-electron chi connectivity index (χ3n) is 3.04. The molecular weight excluding hydrogens is 252 g/mol. The Morgan fingerprint density at radius 3 is 2.68 bits per heavy atom.